The van der Waals surface area contributed by atoms with Crippen LogP contribution in [0.5, 0.6) is 0 Å². The lowest BCUT2D eigenvalue weighted by Crippen LogP contribution is -2.18. The fraction of sp³-hybridized carbons (Fsp3) is 0.294. The molecule has 0 bridgehead atoms. The number of rotatable bonds is 4. The molecule has 23 heavy (non-hydrogen) atoms. The summed E-state index contributed by atoms with van der Waals surface area (Å²) in [6.45, 7) is 0.667. The van der Waals surface area contributed by atoms with Crippen molar-refractivity contribution in [2.45, 2.75) is 25.5 Å². The Labute approximate surface area is 132 Å². The molecule has 0 amide bonds. The molecule has 1 fully saturated rings. The molecule has 1 unspecified atom stereocenters. The van der Waals surface area contributed by atoms with E-state index in [1.165, 1.54) is 18.2 Å². The number of carbonyl (C=O) groups excluding carboxylic acids is 1. The van der Waals surface area contributed by atoms with Gasteiger partial charge in [0.1, 0.15) is 11.9 Å². The lowest BCUT2D eigenvalue weighted by molar-refractivity contribution is -0.0395. The van der Waals surface area contributed by atoms with E-state index < -0.39 is 11.6 Å². The molecule has 4 nitrogen and oxygen atoms in total. The van der Waals surface area contributed by atoms with Crippen LogP contribution in [0.25, 0.3) is 12.2 Å². The van der Waals surface area contributed by atoms with E-state index in [-0.39, 0.29) is 17.5 Å². The van der Waals surface area contributed by atoms with Crippen molar-refractivity contribution < 1.29 is 18.3 Å². The zero-order chi connectivity index (χ0) is 16.2. The van der Waals surface area contributed by atoms with Gasteiger partial charge in [-0.05, 0) is 25.3 Å². The molecule has 1 aliphatic rings. The average molecular weight is 318 g/mol. The monoisotopic (exact) mass is 318 g/mol. The molecule has 3 rings (SSSR count). The highest BCUT2D eigenvalue weighted by atomic mass is 19.2. The van der Waals surface area contributed by atoms with Gasteiger partial charge in [-0.1, -0.05) is 24.3 Å². The van der Waals surface area contributed by atoms with Crippen LogP contribution in [0.3, 0.4) is 0 Å². The van der Waals surface area contributed by atoms with E-state index in [4.69, 9.17) is 4.74 Å². The minimum atomic E-state index is -0.917. The van der Waals surface area contributed by atoms with Crippen LogP contribution in [-0.2, 0) is 4.74 Å². The van der Waals surface area contributed by atoms with E-state index in [1.54, 1.807) is 17.0 Å². The van der Waals surface area contributed by atoms with Crippen LogP contribution in [0, 0.1) is 11.6 Å². The van der Waals surface area contributed by atoms with Crippen LogP contribution in [0.15, 0.2) is 24.4 Å². The molecule has 1 aromatic carbocycles. The maximum Gasteiger partial charge on any atom is 0.170 e. The summed E-state index contributed by atoms with van der Waals surface area (Å²) in [4.78, 5) is 11.2. The second-order valence-corrected chi connectivity index (χ2v) is 5.37. The maximum absolute atomic E-state index is 13.6. The van der Waals surface area contributed by atoms with E-state index in [0.717, 1.165) is 25.3 Å². The Kier molecular flexibility index (Phi) is 4.62. The zero-order valence-electron chi connectivity index (χ0n) is 12.4. The molecule has 0 spiro atoms. The number of carbonyl (C=O) groups is 1. The molecule has 0 aliphatic carbocycles. The summed E-state index contributed by atoms with van der Waals surface area (Å²) in [5, 5.41) is 4.21. The van der Waals surface area contributed by atoms with Crippen molar-refractivity contribution >= 4 is 18.4 Å². The minimum Gasteiger partial charge on any atom is -0.357 e. The van der Waals surface area contributed by atoms with E-state index >= 15 is 0 Å². The van der Waals surface area contributed by atoms with Gasteiger partial charge in [0.2, 0.25) is 0 Å². The number of aldehydes is 1. The average Bonchev–Trinajstić information content (AvgIpc) is 3.00. The van der Waals surface area contributed by atoms with Gasteiger partial charge in [-0.2, -0.15) is 5.10 Å². The normalized spacial score (nSPS) is 18.4. The summed E-state index contributed by atoms with van der Waals surface area (Å²) >= 11 is 0. The van der Waals surface area contributed by atoms with Crippen molar-refractivity contribution in [3.05, 3.63) is 52.9 Å². The molecule has 120 valence electrons. The third-order valence-corrected chi connectivity index (χ3v) is 3.78. The molecule has 1 aromatic heterocycles. The lowest BCUT2D eigenvalue weighted by Gasteiger charge is -2.22. The lowest BCUT2D eigenvalue weighted by atomic mass is 10.1. The smallest absolute Gasteiger partial charge is 0.170 e. The van der Waals surface area contributed by atoms with Crippen LogP contribution in [0.1, 0.15) is 47.1 Å². The summed E-state index contributed by atoms with van der Waals surface area (Å²) in [7, 11) is 0. The number of benzene rings is 1. The maximum atomic E-state index is 13.6. The number of hydrogen-bond acceptors (Lipinski definition) is 3. The molecule has 2 heterocycles. The molecular formula is C17H16F2N2O2. The summed E-state index contributed by atoms with van der Waals surface area (Å²) in [6, 6.07) is 3.95. The minimum absolute atomic E-state index is 0.114. The van der Waals surface area contributed by atoms with Crippen LogP contribution in [0.2, 0.25) is 0 Å². The van der Waals surface area contributed by atoms with Crippen LogP contribution < -0.4 is 0 Å². The highest BCUT2D eigenvalue weighted by Crippen LogP contribution is 2.23. The number of aromatic nitrogens is 2. The Morgan fingerprint density at radius 3 is 2.78 bits per heavy atom. The SMILES string of the molecule is O=Cc1nn(C2CCCCO2)cc1C=Cc1cccc(F)c1F. The van der Waals surface area contributed by atoms with Crippen LogP contribution >= 0.6 is 0 Å². The van der Waals surface area contributed by atoms with Gasteiger partial charge in [0, 0.05) is 23.9 Å². The fourth-order valence-corrected chi connectivity index (χ4v) is 2.55. The fourth-order valence-electron chi connectivity index (χ4n) is 2.55. The first kappa shape index (κ1) is 15.6. The molecule has 1 aliphatic heterocycles. The van der Waals surface area contributed by atoms with Gasteiger partial charge in [0.25, 0.3) is 0 Å². The topological polar surface area (TPSA) is 44.1 Å². The zero-order valence-corrected chi connectivity index (χ0v) is 12.4. The first-order chi connectivity index (χ1) is 11.2. The number of halogens is 2. The molecule has 6 heteroatoms. The molecule has 1 atom stereocenters. The summed E-state index contributed by atoms with van der Waals surface area (Å²) < 4.78 is 34.1. The standard InChI is InChI=1S/C17H16F2N2O2/c18-14-5-3-4-12(17(14)19)7-8-13-10-21(20-15(13)11-22)16-6-1-2-9-23-16/h3-5,7-8,10-11,16H,1-2,6,9H2. The molecular weight excluding hydrogens is 302 g/mol. The number of hydrogen-bond donors (Lipinski definition) is 0. The molecule has 0 N–H and O–H groups in total. The second-order valence-electron chi connectivity index (χ2n) is 5.37. The van der Waals surface area contributed by atoms with Crippen molar-refractivity contribution in [1.82, 2.24) is 9.78 Å². The van der Waals surface area contributed by atoms with E-state index in [2.05, 4.69) is 5.10 Å². The van der Waals surface area contributed by atoms with Crippen molar-refractivity contribution in [1.29, 1.82) is 0 Å². The van der Waals surface area contributed by atoms with Gasteiger partial charge >= 0.3 is 0 Å². The third kappa shape index (κ3) is 3.37. The quantitative estimate of drug-likeness (QED) is 0.805. The first-order valence-corrected chi connectivity index (χ1v) is 7.47. The van der Waals surface area contributed by atoms with Crippen molar-refractivity contribution in [3.63, 3.8) is 0 Å². The molecule has 0 radical (unpaired) electrons. The van der Waals surface area contributed by atoms with Crippen molar-refractivity contribution in [2.75, 3.05) is 6.61 Å². The summed E-state index contributed by atoms with van der Waals surface area (Å²) in [5.41, 5.74) is 0.897. The predicted molar refractivity (Wildman–Crippen MR) is 81.7 cm³/mol. The predicted octanol–water partition coefficient (Wildman–Crippen LogP) is 3.84. The Morgan fingerprint density at radius 2 is 2.04 bits per heavy atom. The van der Waals surface area contributed by atoms with Crippen molar-refractivity contribution in [2.24, 2.45) is 0 Å². The van der Waals surface area contributed by atoms with Crippen molar-refractivity contribution in [3.8, 4) is 0 Å². The largest absolute Gasteiger partial charge is 0.357 e. The van der Waals surface area contributed by atoms with Gasteiger partial charge in [-0.3, -0.25) is 4.79 Å². The first-order valence-electron chi connectivity index (χ1n) is 7.47. The van der Waals surface area contributed by atoms with Crippen LogP contribution in [0.4, 0.5) is 8.78 Å². The summed E-state index contributed by atoms with van der Waals surface area (Å²) in [5.74, 6) is -1.83. The van der Waals surface area contributed by atoms with E-state index in [1.807, 2.05) is 0 Å². The van der Waals surface area contributed by atoms with Gasteiger partial charge in [0.05, 0.1) is 0 Å². The number of ether oxygens (including phenoxy) is 1. The highest BCUT2D eigenvalue weighted by Gasteiger charge is 2.18. The Morgan fingerprint density at radius 1 is 1.22 bits per heavy atom. The second kappa shape index (κ2) is 6.83. The van der Waals surface area contributed by atoms with E-state index in [9.17, 15) is 13.6 Å². The van der Waals surface area contributed by atoms with Gasteiger partial charge in [-0.15, -0.1) is 0 Å². The summed E-state index contributed by atoms with van der Waals surface area (Å²) in [6.07, 6.45) is 8.01. The Bertz CT molecular complexity index is 734. The van der Waals surface area contributed by atoms with E-state index in [0.29, 0.717) is 18.5 Å². The van der Waals surface area contributed by atoms with Gasteiger partial charge < -0.3 is 4.74 Å². The molecule has 0 saturated carbocycles. The van der Waals surface area contributed by atoms with Gasteiger partial charge in [-0.25, -0.2) is 13.5 Å². The van der Waals surface area contributed by atoms with Gasteiger partial charge in [0.15, 0.2) is 17.9 Å². The number of nitrogens with zero attached hydrogens (tertiary/aromatic N) is 2. The Balaban J connectivity index is 1.87. The van der Waals surface area contributed by atoms with Crippen LogP contribution in [-0.4, -0.2) is 22.7 Å². The third-order valence-electron chi connectivity index (χ3n) is 3.78. The highest BCUT2D eigenvalue weighted by molar-refractivity contribution is 5.82. The Hall–Kier alpha value is -2.34. The molecule has 1 saturated heterocycles. The molecule has 2 aromatic rings.